The van der Waals surface area contributed by atoms with E-state index >= 15 is 0 Å². The van der Waals surface area contributed by atoms with Crippen molar-refractivity contribution in [3.63, 3.8) is 0 Å². The highest BCUT2D eigenvalue weighted by atomic mass is 16.5. The first kappa shape index (κ1) is 12.3. The Bertz CT molecular complexity index is 381. The molecule has 0 radical (unpaired) electrons. The Morgan fingerprint density at radius 2 is 2.12 bits per heavy atom. The third-order valence-corrected chi connectivity index (χ3v) is 1.86. The summed E-state index contributed by atoms with van der Waals surface area (Å²) in [5.41, 5.74) is 0.903. The number of esters is 1. The van der Waals surface area contributed by atoms with Crippen molar-refractivity contribution in [2.24, 2.45) is 0 Å². The zero-order valence-corrected chi connectivity index (χ0v) is 9.77. The highest BCUT2D eigenvalue weighted by molar-refractivity contribution is 5.87. The van der Waals surface area contributed by atoms with Crippen LogP contribution in [0, 0.1) is 0 Å². The van der Waals surface area contributed by atoms with Gasteiger partial charge in [0.05, 0.1) is 13.2 Å². The number of carbonyl (C=O) groups is 1. The Balaban J connectivity index is 2.65. The van der Waals surface area contributed by atoms with Gasteiger partial charge >= 0.3 is 5.97 Å². The monoisotopic (exact) mass is 220 g/mol. The van der Waals surface area contributed by atoms with E-state index in [1.807, 2.05) is 38.1 Å². The second-order valence-electron chi connectivity index (χ2n) is 3.60. The fourth-order valence-corrected chi connectivity index (χ4v) is 1.18. The van der Waals surface area contributed by atoms with Gasteiger partial charge in [0.2, 0.25) is 0 Å². The molecule has 0 saturated heterocycles. The first-order valence-electron chi connectivity index (χ1n) is 5.14. The second kappa shape index (κ2) is 5.95. The van der Waals surface area contributed by atoms with Gasteiger partial charge < -0.3 is 9.47 Å². The molecule has 86 valence electrons. The topological polar surface area (TPSA) is 35.5 Å². The number of carbonyl (C=O) groups excluding carboxylic acids is 1. The van der Waals surface area contributed by atoms with Gasteiger partial charge in [-0.1, -0.05) is 12.1 Å². The molecule has 0 N–H and O–H groups in total. The van der Waals surface area contributed by atoms with Crippen LogP contribution in [0.5, 0.6) is 5.75 Å². The van der Waals surface area contributed by atoms with Crippen LogP contribution in [0.4, 0.5) is 0 Å². The van der Waals surface area contributed by atoms with Crippen molar-refractivity contribution < 1.29 is 14.3 Å². The molecule has 0 aliphatic heterocycles. The highest BCUT2D eigenvalue weighted by Gasteiger charge is 1.99. The van der Waals surface area contributed by atoms with E-state index in [0.29, 0.717) is 0 Å². The van der Waals surface area contributed by atoms with Crippen LogP contribution in [-0.4, -0.2) is 19.2 Å². The van der Waals surface area contributed by atoms with Gasteiger partial charge in [0.1, 0.15) is 5.75 Å². The van der Waals surface area contributed by atoms with E-state index in [4.69, 9.17) is 9.47 Å². The molecule has 0 bridgehead atoms. The molecule has 0 heterocycles. The summed E-state index contributed by atoms with van der Waals surface area (Å²) in [7, 11) is 1.61. The van der Waals surface area contributed by atoms with Crippen molar-refractivity contribution in [2.45, 2.75) is 20.0 Å². The minimum atomic E-state index is -0.335. The van der Waals surface area contributed by atoms with Gasteiger partial charge in [0.25, 0.3) is 0 Å². The van der Waals surface area contributed by atoms with Crippen LogP contribution in [0.2, 0.25) is 0 Å². The van der Waals surface area contributed by atoms with Crippen molar-refractivity contribution in [3.8, 4) is 5.75 Å². The Kier molecular flexibility index (Phi) is 4.58. The molecule has 0 atom stereocenters. The summed E-state index contributed by atoms with van der Waals surface area (Å²) in [6.07, 6.45) is 3.02. The van der Waals surface area contributed by atoms with Gasteiger partial charge in [0.15, 0.2) is 0 Å². The lowest BCUT2D eigenvalue weighted by atomic mass is 10.2. The summed E-state index contributed by atoms with van der Waals surface area (Å²) in [6, 6.07) is 7.46. The van der Waals surface area contributed by atoms with Gasteiger partial charge in [-0.05, 0) is 37.6 Å². The number of benzene rings is 1. The molecule has 16 heavy (non-hydrogen) atoms. The second-order valence-corrected chi connectivity index (χ2v) is 3.60. The largest absolute Gasteiger partial charge is 0.497 e. The number of methoxy groups -OCH3 is 1. The molecule has 0 saturated carbocycles. The van der Waals surface area contributed by atoms with Crippen molar-refractivity contribution in [1.82, 2.24) is 0 Å². The maximum atomic E-state index is 11.2. The number of hydrogen-bond acceptors (Lipinski definition) is 3. The molecule has 3 nitrogen and oxygen atoms in total. The van der Waals surface area contributed by atoms with Gasteiger partial charge in [-0.2, -0.15) is 0 Å². The number of hydrogen-bond donors (Lipinski definition) is 0. The number of rotatable bonds is 4. The Hall–Kier alpha value is -1.77. The summed E-state index contributed by atoms with van der Waals surface area (Å²) in [6.45, 7) is 3.63. The van der Waals surface area contributed by atoms with E-state index in [2.05, 4.69) is 0 Å². The van der Waals surface area contributed by atoms with Crippen molar-refractivity contribution in [3.05, 3.63) is 35.9 Å². The predicted octanol–water partition coefficient (Wildman–Crippen LogP) is 2.66. The molecule has 0 fully saturated rings. The van der Waals surface area contributed by atoms with Crippen LogP contribution in [0.25, 0.3) is 6.08 Å². The maximum Gasteiger partial charge on any atom is 0.331 e. The van der Waals surface area contributed by atoms with Crippen LogP contribution in [0.3, 0.4) is 0 Å². The molecule has 1 aromatic carbocycles. The first-order chi connectivity index (χ1) is 7.61. The zero-order valence-electron chi connectivity index (χ0n) is 9.77. The smallest absolute Gasteiger partial charge is 0.331 e. The minimum absolute atomic E-state index is 0.0949. The first-order valence-corrected chi connectivity index (χ1v) is 5.14. The van der Waals surface area contributed by atoms with Crippen molar-refractivity contribution >= 4 is 12.0 Å². The highest BCUT2D eigenvalue weighted by Crippen LogP contribution is 2.13. The normalized spacial score (nSPS) is 10.8. The average molecular weight is 220 g/mol. The predicted molar refractivity (Wildman–Crippen MR) is 63.3 cm³/mol. The van der Waals surface area contributed by atoms with Crippen LogP contribution in [0.1, 0.15) is 19.4 Å². The van der Waals surface area contributed by atoms with E-state index in [1.165, 1.54) is 6.08 Å². The Morgan fingerprint density at radius 3 is 2.75 bits per heavy atom. The Labute approximate surface area is 95.7 Å². The molecular weight excluding hydrogens is 204 g/mol. The van der Waals surface area contributed by atoms with E-state index in [1.54, 1.807) is 13.2 Å². The van der Waals surface area contributed by atoms with Gasteiger partial charge in [0, 0.05) is 6.08 Å². The number of ether oxygens (including phenoxy) is 2. The van der Waals surface area contributed by atoms with Gasteiger partial charge in [-0.15, -0.1) is 0 Å². The van der Waals surface area contributed by atoms with E-state index in [9.17, 15) is 4.79 Å². The maximum absolute atomic E-state index is 11.2. The molecule has 0 unspecified atom stereocenters. The standard InChI is InChI=1S/C13H16O3/c1-10(2)16-13(14)8-7-11-5-4-6-12(9-11)15-3/h4-10H,1-3H3. The van der Waals surface area contributed by atoms with Crippen molar-refractivity contribution in [1.29, 1.82) is 0 Å². The molecule has 1 aromatic rings. The van der Waals surface area contributed by atoms with E-state index < -0.39 is 0 Å². The summed E-state index contributed by atoms with van der Waals surface area (Å²) in [5.74, 6) is 0.428. The van der Waals surface area contributed by atoms with Crippen LogP contribution in [0.15, 0.2) is 30.3 Å². The van der Waals surface area contributed by atoms with E-state index in [0.717, 1.165) is 11.3 Å². The van der Waals surface area contributed by atoms with Crippen molar-refractivity contribution in [2.75, 3.05) is 7.11 Å². The molecule has 0 aromatic heterocycles. The SMILES string of the molecule is COc1cccc(C=CC(=O)OC(C)C)c1. The zero-order chi connectivity index (χ0) is 12.0. The lowest BCUT2D eigenvalue weighted by Gasteiger charge is -2.04. The summed E-state index contributed by atoms with van der Waals surface area (Å²) in [4.78, 5) is 11.2. The quantitative estimate of drug-likeness (QED) is 0.578. The summed E-state index contributed by atoms with van der Waals surface area (Å²) >= 11 is 0. The summed E-state index contributed by atoms with van der Waals surface area (Å²) < 4.78 is 10.0. The molecule has 0 aliphatic rings. The van der Waals surface area contributed by atoms with Gasteiger partial charge in [-0.25, -0.2) is 4.79 Å². The fourth-order valence-electron chi connectivity index (χ4n) is 1.18. The van der Waals surface area contributed by atoms with Gasteiger partial charge in [-0.3, -0.25) is 0 Å². The Morgan fingerprint density at radius 1 is 1.38 bits per heavy atom. The fraction of sp³-hybridized carbons (Fsp3) is 0.308. The van der Waals surface area contributed by atoms with Crippen LogP contribution < -0.4 is 4.74 Å². The molecule has 0 amide bonds. The van der Waals surface area contributed by atoms with Crippen LogP contribution >= 0.6 is 0 Å². The molecule has 0 aliphatic carbocycles. The molecule has 1 rings (SSSR count). The van der Waals surface area contributed by atoms with E-state index in [-0.39, 0.29) is 12.1 Å². The third kappa shape index (κ3) is 4.17. The molecule has 3 heteroatoms. The molecule has 0 spiro atoms. The lowest BCUT2D eigenvalue weighted by Crippen LogP contribution is -2.08. The third-order valence-electron chi connectivity index (χ3n) is 1.86. The lowest BCUT2D eigenvalue weighted by molar-refractivity contribution is -0.141. The summed E-state index contributed by atoms with van der Waals surface area (Å²) in [5, 5.41) is 0. The minimum Gasteiger partial charge on any atom is -0.497 e. The average Bonchev–Trinajstić information content (AvgIpc) is 2.26. The van der Waals surface area contributed by atoms with Crippen LogP contribution in [-0.2, 0) is 9.53 Å². The molecular formula is C13H16O3.